The van der Waals surface area contributed by atoms with Gasteiger partial charge in [-0.3, -0.25) is 4.79 Å². The molecule has 0 aromatic heterocycles. The number of carbonyl (C=O) groups is 1. The summed E-state index contributed by atoms with van der Waals surface area (Å²) in [5.74, 6) is 1.50. The van der Waals surface area contributed by atoms with Gasteiger partial charge in [-0.05, 0) is 61.2 Å². The Labute approximate surface area is 123 Å². The first-order valence-corrected chi connectivity index (χ1v) is 8.51. The largest absolute Gasteiger partial charge is 0.395 e. The third kappa shape index (κ3) is 1.76. The van der Waals surface area contributed by atoms with Crippen LogP contribution in [0, 0.1) is 28.1 Å². The summed E-state index contributed by atoms with van der Waals surface area (Å²) in [6, 6.07) is 0. The number of rotatable bonds is 1. The van der Waals surface area contributed by atoms with E-state index in [2.05, 4.69) is 20.8 Å². The summed E-state index contributed by atoms with van der Waals surface area (Å²) >= 11 is 0. The molecule has 0 saturated heterocycles. The molecule has 0 aromatic rings. The van der Waals surface area contributed by atoms with Crippen LogP contribution in [0.4, 0.5) is 0 Å². The van der Waals surface area contributed by atoms with E-state index in [-0.39, 0.29) is 12.0 Å². The molecule has 2 heteroatoms. The topological polar surface area (TPSA) is 37.3 Å². The summed E-state index contributed by atoms with van der Waals surface area (Å²) in [7, 11) is 0. The number of aliphatic hydroxyl groups excluding tert-OH is 1. The monoisotopic (exact) mass is 278 g/mol. The van der Waals surface area contributed by atoms with Crippen molar-refractivity contribution in [2.45, 2.75) is 72.1 Å². The van der Waals surface area contributed by atoms with E-state index >= 15 is 0 Å². The maximum Gasteiger partial charge on any atom is 0.141 e. The fraction of sp³-hybridized carbons (Fsp3) is 0.944. The molecule has 20 heavy (non-hydrogen) atoms. The molecule has 0 amide bonds. The standard InChI is InChI=1S/C18H30O2/c1-16(2)9-5-10-17(3)13(16)8-11-18(12-19)14(17)6-4-7-15(18)20/h13-14,19H,4-12H2,1-3H3/t13-,14+,17-,18-/m0/s1. The van der Waals surface area contributed by atoms with E-state index in [1.165, 1.54) is 19.3 Å². The Balaban J connectivity index is 2.03. The van der Waals surface area contributed by atoms with Gasteiger partial charge in [-0.25, -0.2) is 0 Å². The molecule has 2 nitrogen and oxygen atoms in total. The van der Waals surface area contributed by atoms with Crippen molar-refractivity contribution in [2.75, 3.05) is 6.61 Å². The van der Waals surface area contributed by atoms with E-state index in [9.17, 15) is 9.90 Å². The number of hydrogen-bond acceptors (Lipinski definition) is 2. The third-order valence-corrected chi connectivity index (χ3v) is 7.35. The number of Topliss-reactive ketones (excluding diaryl/α,β-unsaturated/α-hetero) is 1. The highest BCUT2D eigenvalue weighted by atomic mass is 16.3. The van der Waals surface area contributed by atoms with Crippen LogP contribution in [-0.4, -0.2) is 17.5 Å². The van der Waals surface area contributed by atoms with Gasteiger partial charge in [0.25, 0.3) is 0 Å². The Morgan fingerprint density at radius 3 is 2.50 bits per heavy atom. The van der Waals surface area contributed by atoms with Gasteiger partial charge in [0.05, 0.1) is 12.0 Å². The van der Waals surface area contributed by atoms with Crippen molar-refractivity contribution >= 4 is 5.78 Å². The minimum Gasteiger partial charge on any atom is -0.395 e. The molecular formula is C18H30O2. The molecule has 3 fully saturated rings. The molecule has 1 N–H and O–H groups in total. The van der Waals surface area contributed by atoms with Crippen LogP contribution in [0.3, 0.4) is 0 Å². The lowest BCUT2D eigenvalue weighted by molar-refractivity contribution is -0.176. The molecule has 114 valence electrons. The lowest BCUT2D eigenvalue weighted by atomic mass is 9.41. The fourth-order valence-corrected chi connectivity index (χ4v) is 6.44. The van der Waals surface area contributed by atoms with Crippen molar-refractivity contribution in [3.63, 3.8) is 0 Å². The molecule has 0 spiro atoms. The summed E-state index contributed by atoms with van der Waals surface area (Å²) in [5.41, 5.74) is 0.269. The molecule has 3 saturated carbocycles. The third-order valence-electron chi connectivity index (χ3n) is 7.35. The highest BCUT2D eigenvalue weighted by Crippen LogP contribution is 2.66. The Morgan fingerprint density at radius 1 is 1.05 bits per heavy atom. The van der Waals surface area contributed by atoms with Crippen LogP contribution in [0.5, 0.6) is 0 Å². The summed E-state index contributed by atoms with van der Waals surface area (Å²) in [6.07, 6.45) is 8.79. The van der Waals surface area contributed by atoms with Crippen LogP contribution >= 0.6 is 0 Å². The summed E-state index contributed by atoms with van der Waals surface area (Å²) in [6.45, 7) is 7.36. The second kappa shape index (κ2) is 4.56. The van der Waals surface area contributed by atoms with Crippen molar-refractivity contribution in [3.8, 4) is 0 Å². The van der Waals surface area contributed by atoms with Gasteiger partial charge in [0, 0.05) is 6.42 Å². The van der Waals surface area contributed by atoms with Gasteiger partial charge in [-0.15, -0.1) is 0 Å². The van der Waals surface area contributed by atoms with E-state index in [0.717, 1.165) is 31.6 Å². The molecule has 3 aliphatic rings. The number of carbonyl (C=O) groups excluding carboxylic acids is 1. The van der Waals surface area contributed by atoms with E-state index in [1.807, 2.05) is 0 Å². The normalized spacial score (nSPS) is 47.5. The van der Waals surface area contributed by atoms with Crippen molar-refractivity contribution in [1.29, 1.82) is 0 Å². The molecule has 0 aromatic carbocycles. The van der Waals surface area contributed by atoms with Crippen molar-refractivity contribution in [2.24, 2.45) is 28.1 Å². The van der Waals surface area contributed by atoms with E-state index in [4.69, 9.17) is 0 Å². The molecule has 0 bridgehead atoms. The van der Waals surface area contributed by atoms with Gasteiger partial charge < -0.3 is 5.11 Å². The van der Waals surface area contributed by atoms with Gasteiger partial charge in [0.15, 0.2) is 0 Å². The van der Waals surface area contributed by atoms with E-state index in [1.54, 1.807) is 0 Å². The first-order chi connectivity index (χ1) is 9.37. The molecular weight excluding hydrogens is 248 g/mol. The van der Waals surface area contributed by atoms with Crippen LogP contribution in [0.15, 0.2) is 0 Å². The Kier molecular flexibility index (Phi) is 3.32. The fourth-order valence-electron chi connectivity index (χ4n) is 6.44. The van der Waals surface area contributed by atoms with E-state index in [0.29, 0.717) is 23.5 Å². The summed E-state index contributed by atoms with van der Waals surface area (Å²) in [4.78, 5) is 12.6. The van der Waals surface area contributed by atoms with Crippen LogP contribution in [0.2, 0.25) is 0 Å². The maximum absolute atomic E-state index is 12.6. The number of hydrogen-bond donors (Lipinski definition) is 1. The van der Waals surface area contributed by atoms with Crippen LogP contribution in [0.25, 0.3) is 0 Å². The van der Waals surface area contributed by atoms with Gasteiger partial charge in [0.2, 0.25) is 0 Å². The van der Waals surface area contributed by atoms with Crippen LogP contribution < -0.4 is 0 Å². The smallest absolute Gasteiger partial charge is 0.141 e. The maximum atomic E-state index is 12.6. The van der Waals surface area contributed by atoms with Crippen molar-refractivity contribution in [1.82, 2.24) is 0 Å². The van der Waals surface area contributed by atoms with Crippen LogP contribution in [-0.2, 0) is 4.79 Å². The first kappa shape index (κ1) is 14.6. The molecule has 0 heterocycles. The predicted molar refractivity (Wildman–Crippen MR) is 80.3 cm³/mol. The average molecular weight is 278 g/mol. The predicted octanol–water partition coefficient (Wildman–Crippen LogP) is 3.96. The van der Waals surface area contributed by atoms with Gasteiger partial charge in [-0.2, -0.15) is 0 Å². The molecule has 3 rings (SSSR count). The van der Waals surface area contributed by atoms with Gasteiger partial charge in [0.1, 0.15) is 5.78 Å². The lowest BCUT2D eigenvalue weighted by Crippen LogP contribution is -2.60. The minimum absolute atomic E-state index is 0.0826. The lowest BCUT2D eigenvalue weighted by Gasteiger charge is -2.63. The highest BCUT2D eigenvalue weighted by Gasteiger charge is 2.62. The zero-order valence-electron chi connectivity index (χ0n) is 13.4. The molecule has 0 aliphatic heterocycles. The van der Waals surface area contributed by atoms with Crippen LogP contribution in [0.1, 0.15) is 72.1 Å². The quantitative estimate of drug-likeness (QED) is 0.788. The highest BCUT2D eigenvalue weighted by molar-refractivity contribution is 5.86. The molecule has 0 unspecified atom stereocenters. The summed E-state index contributed by atoms with van der Waals surface area (Å²) < 4.78 is 0. The second-order valence-electron chi connectivity index (χ2n) is 8.62. The second-order valence-corrected chi connectivity index (χ2v) is 8.62. The molecule has 4 atom stereocenters. The van der Waals surface area contributed by atoms with Gasteiger partial charge in [-0.1, -0.05) is 27.2 Å². The first-order valence-electron chi connectivity index (χ1n) is 8.51. The molecule has 0 radical (unpaired) electrons. The zero-order valence-corrected chi connectivity index (χ0v) is 13.4. The Morgan fingerprint density at radius 2 is 1.80 bits per heavy atom. The zero-order chi connectivity index (χ0) is 14.6. The number of fused-ring (bicyclic) bond motifs is 3. The van der Waals surface area contributed by atoms with E-state index < -0.39 is 5.41 Å². The molecule has 3 aliphatic carbocycles. The minimum atomic E-state index is -0.392. The number of ketones is 1. The Hall–Kier alpha value is -0.370. The van der Waals surface area contributed by atoms with Crippen molar-refractivity contribution in [3.05, 3.63) is 0 Å². The Bertz CT molecular complexity index is 414. The summed E-state index contributed by atoms with van der Waals surface area (Å²) in [5, 5.41) is 10.1. The average Bonchev–Trinajstić information content (AvgIpc) is 2.39. The van der Waals surface area contributed by atoms with Crippen molar-refractivity contribution < 1.29 is 9.90 Å². The number of aliphatic hydroxyl groups is 1. The van der Waals surface area contributed by atoms with Gasteiger partial charge >= 0.3 is 0 Å². The SMILES string of the molecule is CC1(C)CCC[C@@]2(C)[C@H]1CC[C@@]1(CO)C(=O)CCC[C@@H]12.